The lowest BCUT2D eigenvalue weighted by atomic mass is 9.97. The van der Waals surface area contributed by atoms with E-state index in [1.54, 1.807) is 16.2 Å². The van der Waals surface area contributed by atoms with Gasteiger partial charge in [0.05, 0.1) is 16.1 Å². The zero-order valence-corrected chi connectivity index (χ0v) is 14.3. The smallest absolute Gasteiger partial charge is 0.226 e. The van der Waals surface area contributed by atoms with Gasteiger partial charge >= 0.3 is 0 Å². The highest BCUT2D eigenvalue weighted by molar-refractivity contribution is 7.22. The van der Waals surface area contributed by atoms with E-state index < -0.39 is 0 Å². The Hall–Kier alpha value is -1.62. The SMILES string of the molecule is CCc1cccc2sc(N3CCCC(C(=O)N(C)C)C3)nc12. The Balaban J connectivity index is 1.86. The van der Waals surface area contributed by atoms with Crippen molar-refractivity contribution in [3.8, 4) is 0 Å². The fourth-order valence-corrected chi connectivity index (χ4v) is 4.18. The van der Waals surface area contributed by atoms with E-state index in [0.29, 0.717) is 0 Å². The normalized spacial score (nSPS) is 18.7. The summed E-state index contributed by atoms with van der Waals surface area (Å²) in [5, 5.41) is 1.06. The van der Waals surface area contributed by atoms with Gasteiger partial charge in [-0.2, -0.15) is 0 Å². The van der Waals surface area contributed by atoms with Crippen LogP contribution < -0.4 is 4.90 Å². The van der Waals surface area contributed by atoms with Crippen molar-refractivity contribution in [3.63, 3.8) is 0 Å². The molecule has 1 saturated heterocycles. The maximum atomic E-state index is 12.2. The van der Waals surface area contributed by atoms with Crippen molar-refractivity contribution in [2.24, 2.45) is 5.92 Å². The Morgan fingerprint density at radius 2 is 2.27 bits per heavy atom. The van der Waals surface area contributed by atoms with Crippen molar-refractivity contribution in [2.75, 3.05) is 32.1 Å². The molecule has 1 aliphatic heterocycles. The van der Waals surface area contributed by atoms with Crippen LogP contribution in [-0.2, 0) is 11.2 Å². The van der Waals surface area contributed by atoms with Crippen LogP contribution >= 0.6 is 11.3 Å². The predicted molar refractivity (Wildman–Crippen MR) is 92.6 cm³/mol. The summed E-state index contributed by atoms with van der Waals surface area (Å²) in [6.45, 7) is 3.96. The number of para-hydroxylation sites is 1. The average Bonchev–Trinajstić information content (AvgIpc) is 2.98. The van der Waals surface area contributed by atoms with E-state index in [0.717, 1.165) is 43.0 Å². The summed E-state index contributed by atoms with van der Waals surface area (Å²) in [7, 11) is 3.68. The van der Waals surface area contributed by atoms with Gasteiger partial charge in [0.25, 0.3) is 0 Å². The highest BCUT2D eigenvalue weighted by Crippen LogP contribution is 2.33. The molecule has 0 spiro atoms. The van der Waals surface area contributed by atoms with Crippen molar-refractivity contribution in [1.82, 2.24) is 9.88 Å². The minimum atomic E-state index is 0.0985. The molecule has 1 aromatic carbocycles. The molecule has 1 fully saturated rings. The fraction of sp³-hybridized carbons (Fsp3) is 0.529. The van der Waals surface area contributed by atoms with E-state index in [1.165, 1.54) is 10.3 Å². The fourth-order valence-electron chi connectivity index (χ4n) is 3.13. The second kappa shape index (κ2) is 6.24. The van der Waals surface area contributed by atoms with Gasteiger partial charge in [0.15, 0.2) is 5.13 Å². The van der Waals surface area contributed by atoms with E-state index in [2.05, 4.69) is 30.0 Å². The van der Waals surface area contributed by atoms with E-state index in [9.17, 15) is 4.79 Å². The standard InChI is InChI=1S/C17H23N3OS/c1-4-12-7-5-9-14-15(12)18-17(22-14)20-10-6-8-13(11-20)16(21)19(2)3/h5,7,9,13H,4,6,8,10-11H2,1-3H3. The Morgan fingerprint density at radius 1 is 1.45 bits per heavy atom. The number of fused-ring (bicyclic) bond motifs is 1. The number of nitrogens with zero attached hydrogens (tertiary/aromatic N) is 3. The Morgan fingerprint density at radius 3 is 3.00 bits per heavy atom. The molecular formula is C17H23N3OS. The van der Waals surface area contributed by atoms with Crippen LogP contribution in [0.15, 0.2) is 18.2 Å². The number of piperidine rings is 1. The third kappa shape index (κ3) is 2.82. The van der Waals surface area contributed by atoms with Crippen molar-refractivity contribution in [2.45, 2.75) is 26.2 Å². The zero-order valence-electron chi connectivity index (χ0n) is 13.5. The summed E-state index contributed by atoms with van der Waals surface area (Å²) < 4.78 is 1.25. The number of thiazole rings is 1. The molecule has 118 valence electrons. The summed E-state index contributed by atoms with van der Waals surface area (Å²) in [5.41, 5.74) is 2.43. The van der Waals surface area contributed by atoms with Gasteiger partial charge in [0, 0.05) is 27.2 Å². The first-order valence-electron chi connectivity index (χ1n) is 7.94. The molecule has 1 aromatic heterocycles. The number of hydrogen-bond acceptors (Lipinski definition) is 4. The van der Waals surface area contributed by atoms with Crippen LogP contribution in [0.4, 0.5) is 5.13 Å². The molecule has 2 aromatic rings. The van der Waals surface area contributed by atoms with Crippen LogP contribution in [0.1, 0.15) is 25.3 Å². The van der Waals surface area contributed by atoms with E-state index in [-0.39, 0.29) is 11.8 Å². The summed E-state index contributed by atoms with van der Waals surface area (Å²) in [6, 6.07) is 6.40. The molecule has 4 nitrogen and oxygen atoms in total. The van der Waals surface area contributed by atoms with Crippen LogP contribution in [0.5, 0.6) is 0 Å². The average molecular weight is 317 g/mol. The first-order valence-corrected chi connectivity index (χ1v) is 8.76. The molecule has 1 unspecified atom stereocenters. The number of rotatable bonds is 3. The lowest BCUT2D eigenvalue weighted by molar-refractivity contribution is -0.133. The highest BCUT2D eigenvalue weighted by Gasteiger charge is 2.28. The summed E-state index contributed by atoms with van der Waals surface area (Å²) >= 11 is 1.75. The molecule has 22 heavy (non-hydrogen) atoms. The van der Waals surface area contributed by atoms with Gasteiger partial charge in [-0.15, -0.1) is 0 Å². The van der Waals surface area contributed by atoms with Crippen molar-refractivity contribution < 1.29 is 4.79 Å². The van der Waals surface area contributed by atoms with Crippen molar-refractivity contribution in [1.29, 1.82) is 0 Å². The van der Waals surface area contributed by atoms with Crippen molar-refractivity contribution in [3.05, 3.63) is 23.8 Å². The Kier molecular flexibility index (Phi) is 4.34. The molecule has 0 saturated carbocycles. The topological polar surface area (TPSA) is 36.4 Å². The van der Waals surface area contributed by atoms with Crippen LogP contribution in [-0.4, -0.2) is 43.0 Å². The molecule has 3 rings (SSSR count). The van der Waals surface area contributed by atoms with Gasteiger partial charge < -0.3 is 9.80 Å². The molecule has 0 N–H and O–H groups in total. The molecular weight excluding hydrogens is 294 g/mol. The number of carbonyl (C=O) groups excluding carboxylic acids is 1. The molecule has 0 aliphatic carbocycles. The number of anilines is 1. The maximum Gasteiger partial charge on any atom is 0.226 e. The third-order valence-electron chi connectivity index (χ3n) is 4.35. The molecule has 5 heteroatoms. The van der Waals surface area contributed by atoms with Gasteiger partial charge in [-0.25, -0.2) is 4.98 Å². The van der Waals surface area contributed by atoms with E-state index in [1.807, 2.05) is 14.1 Å². The van der Waals surface area contributed by atoms with Gasteiger partial charge in [0.1, 0.15) is 0 Å². The predicted octanol–water partition coefficient (Wildman–Crippen LogP) is 3.16. The summed E-state index contributed by atoms with van der Waals surface area (Å²) in [5.74, 6) is 0.335. The molecule has 0 bridgehead atoms. The summed E-state index contributed by atoms with van der Waals surface area (Å²) in [4.78, 5) is 21.1. The van der Waals surface area contributed by atoms with E-state index >= 15 is 0 Å². The lowest BCUT2D eigenvalue weighted by Gasteiger charge is -2.32. The number of aryl methyl sites for hydroxylation is 1. The lowest BCUT2D eigenvalue weighted by Crippen LogP contribution is -2.42. The van der Waals surface area contributed by atoms with Gasteiger partial charge in [-0.1, -0.05) is 30.4 Å². The van der Waals surface area contributed by atoms with Crippen LogP contribution in [0, 0.1) is 5.92 Å². The van der Waals surface area contributed by atoms with Crippen molar-refractivity contribution >= 4 is 32.6 Å². The molecule has 0 radical (unpaired) electrons. The van der Waals surface area contributed by atoms with Crippen LogP contribution in [0.2, 0.25) is 0 Å². The molecule has 1 atom stereocenters. The Bertz CT molecular complexity index is 680. The molecule has 1 aliphatic rings. The number of carbonyl (C=O) groups is 1. The minimum Gasteiger partial charge on any atom is -0.349 e. The second-order valence-electron chi connectivity index (χ2n) is 6.13. The largest absolute Gasteiger partial charge is 0.349 e. The van der Waals surface area contributed by atoms with E-state index in [4.69, 9.17) is 4.98 Å². The second-order valence-corrected chi connectivity index (χ2v) is 7.14. The first kappa shape index (κ1) is 15.3. The monoisotopic (exact) mass is 317 g/mol. The number of benzene rings is 1. The quantitative estimate of drug-likeness (QED) is 0.872. The first-order chi connectivity index (χ1) is 10.6. The highest BCUT2D eigenvalue weighted by atomic mass is 32.1. The Labute approximate surface area is 135 Å². The minimum absolute atomic E-state index is 0.0985. The molecule has 1 amide bonds. The summed E-state index contributed by atoms with van der Waals surface area (Å²) in [6.07, 6.45) is 3.04. The van der Waals surface area contributed by atoms with Gasteiger partial charge in [0.2, 0.25) is 5.91 Å². The number of hydrogen-bond donors (Lipinski definition) is 0. The van der Waals surface area contributed by atoms with Crippen LogP contribution in [0.25, 0.3) is 10.2 Å². The van der Waals surface area contributed by atoms with Gasteiger partial charge in [-0.05, 0) is 30.9 Å². The molecule has 2 heterocycles. The van der Waals surface area contributed by atoms with Gasteiger partial charge in [-0.3, -0.25) is 4.79 Å². The number of amides is 1. The third-order valence-corrected chi connectivity index (χ3v) is 5.44. The maximum absolute atomic E-state index is 12.2. The van der Waals surface area contributed by atoms with Crippen LogP contribution in [0.3, 0.4) is 0 Å². The number of aromatic nitrogens is 1. The zero-order chi connectivity index (χ0) is 15.7.